The zero-order valence-corrected chi connectivity index (χ0v) is 15.5. The summed E-state index contributed by atoms with van der Waals surface area (Å²) in [5.74, 6) is -2.37. The van der Waals surface area contributed by atoms with Crippen LogP contribution in [0, 0.1) is 0 Å². The van der Waals surface area contributed by atoms with E-state index in [1.807, 2.05) is 0 Å². The number of carbonyl (C=O) groups is 1. The molecule has 1 amide bonds. The standard InChI is InChI=1S/C19H24F2N4O2/c1-3-4-8-22-16-10-15(7-9-23-16)18(26)25-12-14-5-6-17(24-11-14)27-13-19(2,20)21/h5-7,9-11H,3-4,8,12-13H2,1-2H3,(H,22,23)(H,25,26). The van der Waals surface area contributed by atoms with Crippen LogP contribution in [0.5, 0.6) is 5.88 Å². The highest BCUT2D eigenvalue weighted by Gasteiger charge is 2.22. The number of amides is 1. The van der Waals surface area contributed by atoms with Gasteiger partial charge in [-0.25, -0.2) is 18.7 Å². The van der Waals surface area contributed by atoms with Crippen LogP contribution >= 0.6 is 0 Å². The minimum Gasteiger partial charge on any atom is -0.471 e. The van der Waals surface area contributed by atoms with E-state index < -0.39 is 12.5 Å². The highest BCUT2D eigenvalue weighted by atomic mass is 19.3. The average molecular weight is 378 g/mol. The lowest BCUT2D eigenvalue weighted by Gasteiger charge is -2.11. The third kappa shape index (κ3) is 7.55. The monoisotopic (exact) mass is 378 g/mol. The van der Waals surface area contributed by atoms with Gasteiger partial charge in [-0.05, 0) is 24.1 Å². The summed E-state index contributed by atoms with van der Waals surface area (Å²) in [5.41, 5.74) is 1.23. The number of rotatable bonds is 10. The summed E-state index contributed by atoms with van der Waals surface area (Å²) in [6.45, 7) is 3.22. The van der Waals surface area contributed by atoms with Crippen LogP contribution in [-0.4, -0.2) is 34.9 Å². The van der Waals surface area contributed by atoms with Crippen molar-refractivity contribution in [3.05, 3.63) is 47.8 Å². The molecule has 0 saturated carbocycles. The molecule has 0 aliphatic heterocycles. The first-order valence-corrected chi connectivity index (χ1v) is 8.81. The van der Waals surface area contributed by atoms with Crippen LogP contribution in [0.1, 0.15) is 42.6 Å². The van der Waals surface area contributed by atoms with Crippen molar-refractivity contribution < 1.29 is 18.3 Å². The van der Waals surface area contributed by atoms with Gasteiger partial charge in [0.2, 0.25) is 5.88 Å². The Morgan fingerprint density at radius 1 is 1.26 bits per heavy atom. The van der Waals surface area contributed by atoms with Gasteiger partial charge in [0.25, 0.3) is 11.8 Å². The molecule has 8 heteroatoms. The molecular formula is C19H24F2N4O2. The molecule has 0 spiro atoms. The van der Waals surface area contributed by atoms with Gasteiger partial charge in [0.15, 0.2) is 6.61 Å². The minimum absolute atomic E-state index is 0.114. The van der Waals surface area contributed by atoms with E-state index in [-0.39, 0.29) is 18.3 Å². The number of nitrogens with one attached hydrogen (secondary N) is 2. The molecule has 0 unspecified atom stereocenters. The number of hydrogen-bond acceptors (Lipinski definition) is 5. The fourth-order valence-electron chi connectivity index (χ4n) is 2.15. The van der Waals surface area contributed by atoms with Gasteiger partial charge in [-0.3, -0.25) is 4.79 Å². The largest absolute Gasteiger partial charge is 0.471 e. The van der Waals surface area contributed by atoms with Crippen LogP contribution < -0.4 is 15.4 Å². The predicted octanol–water partition coefficient (Wildman–Crippen LogP) is 3.65. The summed E-state index contributed by atoms with van der Waals surface area (Å²) in [7, 11) is 0. The van der Waals surface area contributed by atoms with E-state index in [0.29, 0.717) is 11.4 Å². The van der Waals surface area contributed by atoms with Crippen molar-refractivity contribution in [1.82, 2.24) is 15.3 Å². The molecule has 0 aliphatic carbocycles. The summed E-state index contributed by atoms with van der Waals surface area (Å²) < 4.78 is 30.4. The topological polar surface area (TPSA) is 76.1 Å². The summed E-state index contributed by atoms with van der Waals surface area (Å²) in [5, 5.41) is 5.97. The Morgan fingerprint density at radius 2 is 2.07 bits per heavy atom. The number of ether oxygens (including phenoxy) is 1. The molecule has 0 aromatic carbocycles. The summed E-state index contributed by atoms with van der Waals surface area (Å²) in [6.07, 6.45) is 5.17. The smallest absolute Gasteiger partial charge is 0.278 e. The molecule has 2 rings (SSSR count). The number of unbranched alkanes of at least 4 members (excludes halogenated alkanes) is 1. The number of alkyl halides is 2. The van der Waals surface area contributed by atoms with E-state index in [2.05, 4.69) is 27.5 Å². The number of carbonyl (C=O) groups excluding carboxylic acids is 1. The second-order valence-corrected chi connectivity index (χ2v) is 6.26. The molecule has 2 aromatic rings. The Morgan fingerprint density at radius 3 is 2.74 bits per heavy atom. The lowest BCUT2D eigenvalue weighted by Crippen LogP contribution is -2.23. The fourth-order valence-corrected chi connectivity index (χ4v) is 2.15. The fraction of sp³-hybridized carbons (Fsp3) is 0.421. The molecular weight excluding hydrogens is 354 g/mol. The Labute approximate surface area is 157 Å². The lowest BCUT2D eigenvalue weighted by atomic mass is 10.2. The molecule has 146 valence electrons. The number of aromatic nitrogens is 2. The maximum Gasteiger partial charge on any atom is 0.278 e. The molecule has 0 aliphatic rings. The van der Waals surface area contributed by atoms with Crippen molar-refractivity contribution in [3.8, 4) is 5.88 Å². The summed E-state index contributed by atoms with van der Waals surface area (Å²) in [6, 6.07) is 6.50. The maximum absolute atomic E-state index is 12.8. The highest BCUT2D eigenvalue weighted by molar-refractivity contribution is 5.94. The van der Waals surface area contributed by atoms with Crippen LogP contribution in [0.4, 0.5) is 14.6 Å². The number of anilines is 1. The summed E-state index contributed by atoms with van der Waals surface area (Å²) in [4.78, 5) is 20.4. The van der Waals surface area contributed by atoms with Gasteiger partial charge in [-0.2, -0.15) is 0 Å². The number of hydrogen-bond donors (Lipinski definition) is 2. The zero-order valence-electron chi connectivity index (χ0n) is 15.5. The van der Waals surface area contributed by atoms with Crippen LogP contribution in [0.2, 0.25) is 0 Å². The Kier molecular flexibility index (Phi) is 7.45. The molecule has 0 radical (unpaired) electrons. The lowest BCUT2D eigenvalue weighted by molar-refractivity contribution is -0.0242. The van der Waals surface area contributed by atoms with Gasteiger partial charge in [-0.1, -0.05) is 19.4 Å². The molecule has 0 fully saturated rings. The van der Waals surface area contributed by atoms with Gasteiger partial charge >= 0.3 is 0 Å². The molecule has 0 atom stereocenters. The van der Waals surface area contributed by atoms with Crippen molar-refractivity contribution in [2.45, 2.75) is 39.2 Å². The molecule has 27 heavy (non-hydrogen) atoms. The van der Waals surface area contributed by atoms with E-state index in [0.717, 1.165) is 31.9 Å². The van der Waals surface area contributed by atoms with E-state index in [1.54, 1.807) is 24.4 Å². The van der Waals surface area contributed by atoms with Gasteiger partial charge in [0, 0.05) is 44.0 Å². The Bertz CT molecular complexity index is 733. The van der Waals surface area contributed by atoms with E-state index in [4.69, 9.17) is 4.74 Å². The third-order valence-corrected chi connectivity index (χ3v) is 3.58. The van der Waals surface area contributed by atoms with Crippen molar-refractivity contribution >= 4 is 11.7 Å². The van der Waals surface area contributed by atoms with Gasteiger partial charge in [-0.15, -0.1) is 0 Å². The van der Waals surface area contributed by atoms with Crippen LogP contribution in [0.25, 0.3) is 0 Å². The van der Waals surface area contributed by atoms with Gasteiger partial charge in [0.05, 0.1) is 0 Å². The van der Waals surface area contributed by atoms with E-state index >= 15 is 0 Å². The highest BCUT2D eigenvalue weighted by Crippen LogP contribution is 2.15. The average Bonchev–Trinajstić information content (AvgIpc) is 2.65. The molecule has 2 N–H and O–H groups in total. The normalized spacial score (nSPS) is 11.1. The second kappa shape index (κ2) is 9.80. The van der Waals surface area contributed by atoms with Crippen molar-refractivity contribution in [1.29, 1.82) is 0 Å². The van der Waals surface area contributed by atoms with Crippen LogP contribution in [0.15, 0.2) is 36.7 Å². The molecule has 0 saturated heterocycles. The Balaban J connectivity index is 1.85. The molecule has 2 aromatic heterocycles. The maximum atomic E-state index is 12.8. The Hall–Kier alpha value is -2.77. The second-order valence-electron chi connectivity index (χ2n) is 6.26. The first-order chi connectivity index (χ1) is 12.9. The third-order valence-electron chi connectivity index (χ3n) is 3.58. The molecule has 6 nitrogen and oxygen atoms in total. The SMILES string of the molecule is CCCCNc1cc(C(=O)NCc2ccc(OCC(C)(F)F)nc2)ccn1. The van der Waals surface area contributed by atoms with Crippen LogP contribution in [0.3, 0.4) is 0 Å². The van der Waals surface area contributed by atoms with E-state index in [1.165, 1.54) is 12.3 Å². The number of pyridine rings is 2. The number of halogens is 2. The number of nitrogens with zero attached hydrogens (tertiary/aromatic N) is 2. The predicted molar refractivity (Wildman–Crippen MR) is 99.2 cm³/mol. The van der Waals surface area contributed by atoms with Crippen molar-refractivity contribution in [2.24, 2.45) is 0 Å². The molecule has 0 bridgehead atoms. The van der Waals surface area contributed by atoms with Gasteiger partial charge in [0.1, 0.15) is 5.82 Å². The van der Waals surface area contributed by atoms with E-state index in [9.17, 15) is 13.6 Å². The zero-order chi connectivity index (χ0) is 19.7. The first kappa shape index (κ1) is 20.5. The van der Waals surface area contributed by atoms with Crippen molar-refractivity contribution in [3.63, 3.8) is 0 Å². The minimum atomic E-state index is -2.91. The quantitative estimate of drug-likeness (QED) is 0.617. The summed E-state index contributed by atoms with van der Waals surface area (Å²) >= 11 is 0. The first-order valence-electron chi connectivity index (χ1n) is 8.81. The van der Waals surface area contributed by atoms with Gasteiger partial charge < -0.3 is 15.4 Å². The van der Waals surface area contributed by atoms with Crippen LogP contribution in [-0.2, 0) is 6.54 Å². The van der Waals surface area contributed by atoms with Crippen molar-refractivity contribution in [2.75, 3.05) is 18.5 Å². The molecule has 2 heterocycles.